The molecule has 1 aromatic rings. The zero-order valence-corrected chi connectivity index (χ0v) is 12.8. The smallest absolute Gasteiger partial charge is 0.323 e. The summed E-state index contributed by atoms with van der Waals surface area (Å²) in [5.41, 5.74) is 0.811. The molecule has 1 N–H and O–H groups in total. The van der Waals surface area contributed by atoms with Crippen molar-refractivity contribution in [1.29, 1.82) is 0 Å². The molecular weight excluding hydrogens is 301 g/mol. The highest BCUT2D eigenvalue weighted by molar-refractivity contribution is 5.86. The molecule has 5 nitrogen and oxygen atoms in total. The molecule has 2 atom stereocenters. The molecule has 2 aliphatic rings. The van der Waals surface area contributed by atoms with E-state index in [1.165, 1.54) is 17.0 Å². The molecule has 6 heteroatoms. The second kappa shape index (κ2) is 6.66. The van der Waals surface area contributed by atoms with Crippen LogP contribution >= 0.6 is 0 Å². The number of halogens is 1. The Labute approximate surface area is 134 Å². The minimum atomic E-state index is -1.01. The Morgan fingerprint density at radius 2 is 2.04 bits per heavy atom. The highest BCUT2D eigenvalue weighted by Crippen LogP contribution is 2.49. The third-order valence-electron chi connectivity index (χ3n) is 4.60. The van der Waals surface area contributed by atoms with Gasteiger partial charge in [-0.05, 0) is 42.9 Å². The Hall–Kier alpha value is -1.95. The Morgan fingerprint density at radius 3 is 2.70 bits per heavy atom. The van der Waals surface area contributed by atoms with Gasteiger partial charge in [0.15, 0.2) is 0 Å². The van der Waals surface area contributed by atoms with E-state index in [1.807, 2.05) is 6.07 Å². The Morgan fingerprint density at radius 1 is 1.30 bits per heavy atom. The number of benzene rings is 1. The molecule has 0 unspecified atom stereocenters. The average molecular weight is 321 g/mol. The van der Waals surface area contributed by atoms with Gasteiger partial charge in [0.1, 0.15) is 12.4 Å². The molecular formula is C17H20FNO4. The number of hydrogen-bond donors (Lipinski definition) is 1. The molecule has 1 aliphatic heterocycles. The lowest BCUT2D eigenvalue weighted by molar-refractivity contribution is -0.148. The van der Waals surface area contributed by atoms with Gasteiger partial charge < -0.3 is 14.7 Å². The van der Waals surface area contributed by atoms with E-state index in [9.17, 15) is 14.0 Å². The Kier molecular flexibility index (Phi) is 4.61. The average Bonchev–Trinajstić information content (AvgIpc) is 3.33. The van der Waals surface area contributed by atoms with Crippen LogP contribution in [0.5, 0.6) is 0 Å². The number of aliphatic carboxylic acids is 1. The Bertz CT molecular complexity index is 600. The van der Waals surface area contributed by atoms with Crippen LogP contribution in [0.1, 0.15) is 30.7 Å². The van der Waals surface area contributed by atoms with E-state index in [1.54, 1.807) is 6.07 Å². The highest BCUT2D eigenvalue weighted by atomic mass is 19.1. The summed E-state index contributed by atoms with van der Waals surface area (Å²) >= 11 is 0. The first-order chi connectivity index (χ1) is 11.1. The molecule has 1 aliphatic carbocycles. The van der Waals surface area contributed by atoms with Crippen molar-refractivity contribution >= 4 is 11.9 Å². The number of rotatable bonds is 5. The number of carbonyl (C=O) groups is 2. The fraction of sp³-hybridized carbons (Fsp3) is 0.529. The van der Waals surface area contributed by atoms with E-state index in [-0.39, 0.29) is 36.1 Å². The first-order valence-corrected chi connectivity index (χ1v) is 7.91. The van der Waals surface area contributed by atoms with Gasteiger partial charge in [-0.1, -0.05) is 12.1 Å². The maximum atomic E-state index is 13.3. The van der Waals surface area contributed by atoms with Gasteiger partial charge >= 0.3 is 5.97 Å². The van der Waals surface area contributed by atoms with Crippen molar-refractivity contribution < 1.29 is 23.8 Å². The van der Waals surface area contributed by atoms with Gasteiger partial charge in [0.25, 0.3) is 0 Å². The van der Waals surface area contributed by atoms with Crippen LogP contribution in [0.2, 0.25) is 0 Å². The number of nitrogens with zero attached hydrogens (tertiary/aromatic N) is 1. The fourth-order valence-corrected chi connectivity index (χ4v) is 3.32. The molecule has 0 aromatic heterocycles. The molecule has 0 bridgehead atoms. The molecule has 1 heterocycles. The van der Waals surface area contributed by atoms with E-state index in [2.05, 4.69) is 0 Å². The zero-order valence-electron chi connectivity index (χ0n) is 12.8. The van der Waals surface area contributed by atoms with Crippen molar-refractivity contribution in [3.63, 3.8) is 0 Å². The van der Waals surface area contributed by atoms with Crippen molar-refractivity contribution in [2.24, 2.45) is 5.92 Å². The van der Waals surface area contributed by atoms with Crippen molar-refractivity contribution in [3.05, 3.63) is 35.6 Å². The number of ether oxygens (including phenoxy) is 1. The second-order valence-electron chi connectivity index (χ2n) is 6.21. The summed E-state index contributed by atoms with van der Waals surface area (Å²) in [6.45, 7) is 0.813. The topological polar surface area (TPSA) is 66.8 Å². The van der Waals surface area contributed by atoms with Crippen LogP contribution in [0.3, 0.4) is 0 Å². The number of amides is 1. The number of carboxylic acids is 1. The van der Waals surface area contributed by atoms with Crippen molar-refractivity contribution in [3.8, 4) is 0 Å². The van der Waals surface area contributed by atoms with E-state index in [0.717, 1.165) is 5.56 Å². The van der Waals surface area contributed by atoms with Crippen molar-refractivity contribution in [2.75, 3.05) is 19.8 Å². The summed E-state index contributed by atoms with van der Waals surface area (Å²) in [6, 6.07) is 6.20. The van der Waals surface area contributed by atoms with Crippen LogP contribution in [0, 0.1) is 11.7 Å². The van der Waals surface area contributed by atoms with Gasteiger partial charge in [-0.25, -0.2) is 4.39 Å². The largest absolute Gasteiger partial charge is 0.480 e. The lowest BCUT2D eigenvalue weighted by Gasteiger charge is -2.33. The van der Waals surface area contributed by atoms with Crippen LogP contribution in [0.25, 0.3) is 0 Å². The second-order valence-corrected chi connectivity index (χ2v) is 6.21. The predicted molar refractivity (Wildman–Crippen MR) is 80.4 cm³/mol. The van der Waals surface area contributed by atoms with E-state index in [4.69, 9.17) is 9.84 Å². The zero-order chi connectivity index (χ0) is 16.4. The fourth-order valence-electron chi connectivity index (χ4n) is 3.32. The van der Waals surface area contributed by atoms with E-state index < -0.39 is 5.97 Å². The number of carboxylic acid groups (broad SMARTS) is 1. The standard InChI is InChI=1S/C17H20FNO4/c18-12-3-1-2-11(8-12)14-9-15(14)17(22)19(10-16(20)21)13-4-6-23-7-5-13/h1-3,8,13-15H,4-7,9-10H2,(H,20,21)/t14-,15+/m0/s1. The monoisotopic (exact) mass is 321 g/mol. The van der Waals surface area contributed by atoms with Crippen molar-refractivity contribution in [1.82, 2.24) is 4.90 Å². The lowest BCUT2D eigenvalue weighted by atomic mass is 10.0. The summed E-state index contributed by atoms with van der Waals surface area (Å²) in [7, 11) is 0. The molecule has 2 fully saturated rings. The normalized spacial score (nSPS) is 24.2. The summed E-state index contributed by atoms with van der Waals surface area (Å²) in [6.07, 6.45) is 1.98. The quantitative estimate of drug-likeness (QED) is 0.901. The van der Waals surface area contributed by atoms with Gasteiger partial charge in [-0.3, -0.25) is 9.59 Å². The maximum Gasteiger partial charge on any atom is 0.323 e. The molecule has 23 heavy (non-hydrogen) atoms. The third kappa shape index (κ3) is 3.69. The van der Waals surface area contributed by atoms with Crippen LogP contribution in [-0.2, 0) is 14.3 Å². The number of carbonyl (C=O) groups excluding carboxylic acids is 1. The van der Waals surface area contributed by atoms with Gasteiger partial charge in [-0.15, -0.1) is 0 Å². The highest BCUT2D eigenvalue weighted by Gasteiger charge is 2.47. The SMILES string of the molecule is O=C(O)CN(C(=O)[C@@H]1C[C@H]1c1cccc(F)c1)C1CCOCC1. The molecule has 1 saturated heterocycles. The number of hydrogen-bond acceptors (Lipinski definition) is 3. The molecule has 3 rings (SSSR count). The molecule has 1 amide bonds. The minimum Gasteiger partial charge on any atom is -0.480 e. The summed E-state index contributed by atoms with van der Waals surface area (Å²) in [5, 5.41) is 9.11. The molecule has 0 radical (unpaired) electrons. The van der Waals surface area contributed by atoms with Crippen LogP contribution in [0.4, 0.5) is 4.39 Å². The van der Waals surface area contributed by atoms with Gasteiger partial charge in [0.05, 0.1) is 0 Å². The van der Waals surface area contributed by atoms with Crippen LogP contribution < -0.4 is 0 Å². The van der Waals surface area contributed by atoms with Crippen LogP contribution in [-0.4, -0.2) is 47.7 Å². The van der Waals surface area contributed by atoms with Gasteiger partial charge in [-0.2, -0.15) is 0 Å². The Balaban J connectivity index is 1.70. The summed E-state index contributed by atoms with van der Waals surface area (Å²) in [5.74, 6) is -1.69. The van der Waals surface area contributed by atoms with Crippen molar-refractivity contribution in [2.45, 2.75) is 31.2 Å². The van der Waals surface area contributed by atoms with Crippen LogP contribution in [0.15, 0.2) is 24.3 Å². The molecule has 1 aromatic carbocycles. The first-order valence-electron chi connectivity index (χ1n) is 7.91. The summed E-state index contributed by atoms with van der Waals surface area (Å²) in [4.78, 5) is 25.3. The lowest BCUT2D eigenvalue weighted by Crippen LogP contribution is -2.46. The molecule has 0 spiro atoms. The van der Waals surface area contributed by atoms with Gasteiger partial charge in [0.2, 0.25) is 5.91 Å². The van der Waals surface area contributed by atoms with Gasteiger partial charge in [0, 0.05) is 25.2 Å². The minimum absolute atomic E-state index is 0.00524. The first kappa shape index (κ1) is 15.9. The molecule has 1 saturated carbocycles. The van der Waals surface area contributed by atoms with E-state index in [0.29, 0.717) is 32.5 Å². The maximum absolute atomic E-state index is 13.3. The molecule has 124 valence electrons. The predicted octanol–water partition coefficient (Wildman–Crippen LogP) is 2.02. The summed E-state index contributed by atoms with van der Waals surface area (Å²) < 4.78 is 18.6. The van der Waals surface area contributed by atoms with E-state index >= 15 is 0 Å². The third-order valence-corrected chi connectivity index (χ3v) is 4.60.